The second-order valence-electron chi connectivity index (χ2n) is 7.43. The molecule has 9 nitrogen and oxygen atoms in total. The van der Waals surface area contributed by atoms with Crippen LogP contribution in [0.15, 0.2) is 17.5 Å². The van der Waals surface area contributed by atoms with E-state index in [0.717, 1.165) is 32.1 Å². The Morgan fingerprint density at radius 1 is 1.10 bits per heavy atom. The lowest BCUT2D eigenvalue weighted by atomic mass is 9.96. The Hall–Kier alpha value is -2.75. The largest absolute Gasteiger partial charge is 0.452 e. The molecule has 2 rings (SSSR count). The fourth-order valence-corrected chi connectivity index (χ4v) is 3.87. The van der Waals surface area contributed by atoms with Gasteiger partial charge in [-0.3, -0.25) is 24.5 Å². The van der Waals surface area contributed by atoms with E-state index in [1.54, 1.807) is 17.5 Å². The summed E-state index contributed by atoms with van der Waals surface area (Å²) in [5, 5.41) is 9.27. The van der Waals surface area contributed by atoms with E-state index in [2.05, 4.69) is 16.0 Å². The molecule has 1 atom stereocenters. The number of ketones is 1. The van der Waals surface area contributed by atoms with Gasteiger partial charge in [-0.1, -0.05) is 25.3 Å². The summed E-state index contributed by atoms with van der Waals surface area (Å²) in [6, 6.07) is 2.94. The van der Waals surface area contributed by atoms with E-state index in [4.69, 9.17) is 4.74 Å². The van der Waals surface area contributed by atoms with Crippen molar-refractivity contribution >= 4 is 40.9 Å². The molecule has 0 spiro atoms. The lowest BCUT2D eigenvalue weighted by molar-refractivity contribution is -0.154. The number of amides is 4. The van der Waals surface area contributed by atoms with E-state index in [1.807, 2.05) is 0 Å². The number of ether oxygens (including phenoxy) is 1. The number of Topliss-reactive ketones (excluding diaryl/α,β-unsaturated/α-hetero) is 1. The van der Waals surface area contributed by atoms with Gasteiger partial charge < -0.3 is 15.4 Å². The molecule has 0 radical (unpaired) electrons. The number of hydrogen-bond acceptors (Lipinski definition) is 7. The Morgan fingerprint density at radius 2 is 1.84 bits per heavy atom. The van der Waals surface area contributed by atoms with Crippen molar-refractivity contribution in [2.45, 2.75) is 70.4 Å². The zero-order valence-corrected chi connectivity index (χ0v) is 18.4. The third kappa shape index (κ3) is 9.29. The number of nitrogens with one attached hydrogen (secondary N) is 3. The molecule has 170 valence electrons. The molecule has 0 saturated heterocycles. The van der Waals surface area contributed by atoms with Gasteiger partial charge in [0, 0.05) is 25.4 Å². The van der Waals surface area contributed by atoms with Gasteiger partial charge >= 0.3 is 12.0 Å². The Kier molecular flexibility index (Phi) is 10.2. The van der Waals surface area contributed by atoms with Crippen molar-refractivity contribution in [1.29, 1.82) is 0 Å². The molecule has 1 aromatic heterocycles. The maximum absolute atomic E-state index is 12.0. The number of thiophene rings is 1. The lowest BCUT2D eigenvalue weighted by Gasteiger charge is -2.23. The SMILES string of the molecule is C[C@@H](OC(=O)CCNC(=O)CCC(=O)c1cccs1)C(=O)NC(=O)NC1CCCCC1. The fraction of sp³-hybridized carbons (Fsp3) is 0.571. The molecule has 3 N–H and O–H groups in total. The van der Waals surface area contributed by atoms with Crippen LogP contribution in [0.3, 0.4) is 0 Å². The predicted molar refractivity (Wildman–Crippen MR) is 115 cm³/mol. The molecule has 31 heavy (non-hydrogen) atoms. The molecule has 1 fully saturated rings. The summed E-state index contributed by atoms with van der Waals surface area (Å²) in [6.45, 7) is 1.40. The van der Waals surface area contributed by atoms with Crippen LogP contribution < -0.4 is 16.0 Å². The van der Waals surface area contributed by atoms with Gasteiger partial charge in [-0.2, -0.15) is 0 Å². The molecule has 0 aliphatic heterocycles. The number of rotatable bonds is 10. The van der Waals surface area contributed by atoms with Gasteiger partial charge in [-0.05, 0) is 31.2 Å². The maximum Gasteiger partial charge on any atom is 0.321 e. The first kappa shape index (κ1) is 24.5. The zero-order chi connectivity index (χ0) is 22.6. The van der Waals surface area contributed by atoms with Gasteiger partial charge in [-0.25, -0.2) is 4.79 Å². The van der Waals surface area contributed by atoms with E-state index in [1.165, 1.54) is 18.3 Å². The van der Waals surface area contributed by atoms with Crippen LogP contribution in [0.5, 0.6) is 0 Å². The molecule has 0 bridgehead atoms. The van der Waals surface area contributed by atoms with Gasteiger partial charge in [0.15, 0.2) is 11.9 Å². The average Bonchev–Trinajstić information content (AvgIpc) is 3.27. The summed E-state index contributed by atoms with van der Waals surface area (Å²) in [7, 11) is 0. The third-order valence-electron chi connectivity index (χ3n) is 4.88. The van der Waals surface area contributed by atoms with E-state index in [9.17, 15) is 24.0 Å². The minimum atomic E-state index is -1.14. The number of esters is 1. The molecular formula is C21H29N3O6S. The molecule has 10 heteroatoms. The summed E-state index contributed by atoms with van der Waals surface area (Å²) in [5.41, 5.74) is 0. The molecular weight excluding hydrogens is 422 g/mol. The Balaban J connectivity index is 1.57. The monoisotopic (exact) mass is 451 g/mol. The van der Waals surface area contributed by atoms with Crippen LogP contribution in [-0.4, -0.2) is 48.3 Å². The zero-order valence-electron chi connectivity index (χ0n) is 17.6. The summed E-state index contributed by atoms with van der Waals surface area (Å²) < 4.78 is 5.00. The highest BCUT2D eigenvalue weighted by molar-refractivity contribution is 7.12. The minimum absolute atomic E-state index is 0.0285. The highest BCUT2D eigenvalue weighted by atomic mass is 32.1. The van der Waals surface area contributed by atoms with Crippen LogP contribution in [0, 0.1) is 0 Å². The lowest BCUT2D eigenvalue weighted by Crippen LogP contribution is -2.48. The fourth-order valence-electron chi connectivity index (χ4n) is 3.17. The van der Waals surface area contributed by atoms with Crippen LogP contribution in [0.25, 0.3) is 0 Å². The summed E-state index contributed by atoms with van der Waals surface area (Å²) in [6.07, 6.45) is 3.89. The van der Waals surface area contributed by atoms with Crippen LogP contribution in [0.2, 0.25) is 0 Å². The second kappa shape index (κ2) is 12.8. The van der Waals surface area contributed by atoms with Crippen LogP contribution in [0.1, 0.15) is 68.0 Å². The molecule has 4 amide bonds. The van der Waals surface area contributed by atoms with Crippen molar-refractivity contribution < 1.29 is 28.7 Å². The van der Waals surface area contributed by atoms with Crippen molar-refractivity contribution in [1.82, 2.24) is 16.0 Å². The number of carbonyl (C=O) groups is 5. The molecule has 1 saturated carbocycles. The first-order valence-corrected chi connectivity index (χ1v) is 11.4. The van der Waals surface area contributed by atoms with Gasteiger partial charge in [-0.15, -0.1) is 11.3 Å². The minimum Gasteiger partial charge on any atom is -0.452 e. The highest BCUT2D eigenvalue weighted by Crippen LogP contribution is 2.17. The molecule has 0 aromatic carbocycles. The van der Waals surface area contributed by atoms with Crippen molar-refractivity contribution in [3.8, 4) is 0 Å². The standard InChI is InChI=1S/C21H29N3O6S/c1-14(20(28)24-21(29)23-15-6-3-2-4-7-15)30-19(27)11-12-22-18(26)10-9-16(25)17-8-5-13-31-17/h5,8,13-15H,2-4,6-7,9-12H2,1H3,(H,22,26)(H2,23,24,28,29)/t14-/m1/s1. The molecule has 0 unspecified atom stereocenters. The Morgan fingerprint density at radius 3 is 2.52 bits per heavy atom. The van der Waals surface area contributed by atoms with E-state index in [-0.39, 0.29) is 43.5 Å². The molecule has 1 aromatic rings. The third-order valence-corrected chi connectivity index (χ3v) is 5.79. The second-order valence-corrected chi connectivity index (χ2v) is 8.38. The topological polar surface area (TPSA) is 131 Å². The Labute approximate surface area is 185 Å². The number of imide groups is 1. The van der Waals surface area contributed by atoms with Crippen molar-refractivity contribution in [3.63, 3.8) is 0 Å². The van der Waals surface area contributed by atoms with Gasteiger partial charge in [0.2, 0.25) is 5.91 Å². The van der Waals surface area contributed by atoms with Gasteiger partial charge in [0.1, 0.15) is 0 Å². The van der Waals surface area contributed by atoms with Crippen LogP contribution in [0.4, 0.5) is 4.79 Å². The summed E-state index contributed by atoms with van der Waals surface area (Å²) in [4.78, 5) is 60.0. The van der Waals surface area contributed by atoms with Crippen molar-refractivity contribution in [2.75, 3.05) is 6.54 Å². The van der Waals surface area contributed by atoms with E-state index >= 15 is 0 Å². The van der Waals surface area contributed by atoms with Crippen LogP contribution >= 0.6 is 11.3 Å². The van der Waals surface area contributed by atoms with E-state index in [0.29, 0.717) is 4.88 Å². The van der Waals surface area contributed by atoms with Gasteiger partial charge in [0.05, 0.1) is 11.3 Å². The quantitative estimate of drug-likeness (QED) is 0.370. The number of urea groups is 1. The maximum atomic E-state index is 12.0. The van der Waals surface area contributed by atoms with Crippen LogP contribution in [-0.2, 0) is 19.1 Å². The number of carbonyl (C=O) groups excluding carboxylic acids is 5. The molecule has 1 aliphatic carbocycles. The summed E-state index contributed by atoms with van der Waals surface area (Å²) in [5.74, 6) is -1.83. The normalized spacial score (nSPS) is 14.9. The summed E-state index contributed by atoms with van der Waals surface area (Å²) >= 11 is 1.32. The predicted octanol–water partition coefficient (Wildman–Crippen LogP) is 2.31. The Bertz CT molecular complexity index is 774. The van der Waals surface area contributed by atoms with Crippen molar-refractivity contribution in [3.05, 3.63) is 22.4 Å². The molecule has 1 aliphatic rings. The first-order valence-electron chi connectivity index (χ1n) is 10.5. The van der Waals surface area contributed by atoms with E-state index < -0.39 is 24.0 Å². The average molecular weight is 452 g/mol. The van der Waals surface area contributed by atoms with Gasteiger partial charge in [0.25, 0.3) is 5.91 Å². The van der Waals surface area contributed by atoms with Crippen molar-refractivity contribution in [2.24, 2.45) is 0 Å². The molecule has 1 heterocycles. The first-order chi connectivity index (χ1) is 14.8. The smallest absolute Gasteiger partial charge is 0.321 e. The highest BCUT2D eigenvalue weighted by Gasteiger charge is 2.22. The number of hydrogen-bond donors (Lipinski definition) is 3.